The molecule has 1 aliphatic rings. The van der Waals surface area contributed by atoms with Crippen molar-refractivity contribution in [3.8, 4) is 5.75 Å². The first-order chi connectivity index (χ1) is 11.4. The predicted octanol–water partition coefficient (Wildman–Crippen LogP) is 3.16. The lowest BCUT2D eigenvalue weighted by Gasteiger charge is -2.33. The standard InChI is InChI=1S/C17H14F2N2O3/c1-11(22)20-13-8-6-12(7-9-13)10-21-14-4-2-3-5-15(14)24-17(18,19)16(21)23/h2-9H,10H2,1H3,(H,20,22). The van der Waals surface area contributed by atoms with Crippen molar-refractivity contribution in [2.24, 2.45) is 0 Å². The summed E-state index contributed by atoms with van der Waals surface area (Å²) in [7, 11) is 0. The maximum absolute atomic E-state index is 13.8. The van der Waals surface area contributed by atoms with Crippen LogP contribution in [-0.4, -0.2) is 17.9 Å². The first-order valence-corrected chi connectivity index (χ1v) is 7.21. The second kappa shape index (κ2) is 5.92. The Hall–Kier alpha value is -2.96. The van der Waals surface area contributed by atoms with E-state index in [0.29, 0.717) is 16.9 Å². The maximum atomic E-state index is 13.8. The number of rotatable bonds is 3. The van der Waals surface area contributed by atoms with Gasteiger partial charge in [0.05, 0.1) is 12.2 Å². The number of halogens is 2. The number of benzene rings is 2. The average Bonchev–Trinajstić information content (AvgIpc) is 2.52. The number of para-hydroxylation sites is 2. The molecule has 124 valence electrons. The van der Waals surface area contributed by atoms with Crippen LogP contribution in [0.15, 0.2) is 48.5 Å². The molecule has 2 amide bonds. The normalized spacial score (nSPS) is 15.5. The number of ether oxygens (including phenoxy) is 1. The topological polar surface area (TPSA) is 58.6 Å². The first kappa shape index (κ1) is 15.9. The quantitative estimate of drug-likeness (QED) is 0.939. The monoisotopic (exact) mass is 332 g/mol. The van der Waals surface area contributed by atoms with Gasteiger partial charge < -0.3 is 10.1 Å². The van der Waals surface area contributed by atoms with Gasteiger partial charge in [0.15, 0.2) is 5.75 Å². The number of amides is 2. The molecule has 3 rings (SSSR count). The Morgan fingerprint density at radius 3 is 2.50 bits per heavy atom. The largest absolute Gasteiger partial charge is 0.482 e. The summed E-state index contributed by atoms with van der Waals surface area (Å²) in [6.45, 7) is 1.36. The average molecular weight is 332 g/mol. The Morgan fingerprint density at radius 2 is 1.83 bits per heavy atom. The van der Waals surface area contributed by atoms with Crippen molar-refractivity contribution in [3.05, 3.63) is 54.1 Å². The van der Waals surface area contributed by atoms with Crippen LogP contribution < -0.4 is 15.0 Å². The minimum atomic E-state index is -3.90. The van der Waals surface area contributed by atoms with Crippen LogP contribution in [-0.2, 0) is 16.1 Å². The Labute approximate surface area is 136 Å². The molecule has 0 bridgehead atoms. The van der Waals surface area contributed by atoms with Crippen LogP contribution >= 0.6 is 0 Å². The van der Waals surface area contributed by atoms with Gasteiger partial charge in [0, 0.05) is 12.6 Å². The number of nitrogens with one attached hydrogen (secondary N) is 1. The third-order valence-electron chi connectivity index (χ3n) is 3.50. The van der Waals surface area contributed by atoms with Gasteiger partial charge in [-0.05, 0) is 29.8 Å². The molecule has 7 heteroatoms. The van der Waals surface area contributed by atoms with E-state index in [1.54, 1.807) is 42.5 Å². The molecule has 0 fully saturated rings. The highest BCUT2D eigenvalue weighted by Crippen LogP contribution is 2.39. The molecular weight excluding hydrogens is 318 g/mol. The molecule has 0 spiro atoms. The summed E-state index contributed by atoms with van der Waals surface area (Å²) in [5.41, 5.74) is 1.52. The minimum absolute atomic E-state index is 0.0326. The molecule has 0 saturated heterocycles. The Balaban J connectivity index is 1.88. The van der Waals surface area contributed by atoms with Gasteiger partial charge in [-0.25, -0.2) is 0 Å². The summed E-state index contributed by atoms with van der Waals surface area (Å²) >= 11 is 0. The number of alkyl halides is 2. The lowest BCUT2D eigenvalue weighted by molar-refractivity contribution is -0.193. The maximum Gasteiger partial charge on any atom is 0.482 e. The second-order valence-electron chi connectivity index (χ2n) is 5.36. The molecule has 24 heavy (non-hydrogen) atoms. The number of carbonyl (C=O) groups excluding carboxylic acids is 2. The van der Waals surface area contributed by atoms with Crippen molar-refractivity contribution in [1.82, 2.24) is 0 Å². The first-order valence-electron chi connectivity index (χ1n) is 7.21. The lowest BCUT2D eigenvalue weighted by atomic mass is 10.1. The fourth-order valence-electron chi connectivity index (χ4n) is 2.45. The lowest BCUT2D eigenvalue weighted by Crippen LogP contribution is -2.50. The fourth-order valence-corrected chi connectivity index (χ4v) is 2.45. The fraction of sp³-hybridized carbons (Fsp3) is 0.176. The molecular formula is C17H14F2N2O3. The van der Waals surface area contributed by atoms with E-state index in [1.807, 2.05) is 0 Å². The van der Waals surface area contributed by atoms with Gasteiger partial charge in [-0.1, -0.05) is 24.3 Å². The van der Waals surface area contributed by atoms with Crippen molar-refractivity contribution in [2.45, 2.75) is 19.6 Å². The van der Waals surface area contributed by atoms with Crippen molar-refractivity contribution >= 4 is 23.2 Å². The van der Waals surface area contributed by atoms with Crippen molar-refractivity contribution < 1.29 is 23.1 Å². The van der Waals surface area contributed by atoms with E-state index >= 15 is 0 Å². The van der Waals surface area contributed by atoms with Gasteiger partial charge >= 0.3 is 12.0 Å². The smallest absolute Gasteiger partial charge is 0.423 e. The molecule has 0 unspecified atom stereocenters. The zero-order chi connectivity index (χ0) is 17.3. The van der Waals surface area contributed by atoms with Crippen molar-refractivity contribution in [2.75, 3.05) is 10.2 Å². The van der Waals surface area contributed by atoms with E-state index in [4.69, 9.17) is 0 Å². The van der Waals surface area contributed by atoms with Crippen LogP contribution in [0.2, 0.25) is 0 Å². The molecule has 0 radical (unpaired) electrons. The van der Waals surface area contributed by atoms with Crippen molar-refractivity contribution in [1.29, 1.82) is 0 Å². The van der Waals surface area contributed by atoms with Gasteiger partial charge in [0.1, 0.15) is 0 Å². The van der Waals surface area contributed by atoms with E-state index in [0.717, 1.165) is 4.90 Å². The van der Waals surface area contributed by atoms with Crippen molar-refractivity contribution in [3.63, 3.8) is 0 Å². The van der Waals surface area contributed by atoms with Crippen LogP contribution in [0.4, 0.5) is 20.2 Å². The SMILES string of the molecule is CC(=O)Nc1ccc(CN2C(=O)C(F)(F)Oc3ccccc32)cc1. The van der Waals surface area contributed by atoms with Gasteiger partial charge in [0.25, 0.3) is 0 Å². The Kier molecular flexibility index (Phi) is 3.92. The van der Waals surface area contributed by atoms with Crippen LogP contribution in [0.25, 0.3) is 0 Å². The van der Waals surface area contributed by atoms with E-state index in [1.165, 1.54) is 13.0 Å². The van der Waals surface area contributed by atoms with Gasteiger partial charge in [-0.15, -0.1) is 0 Å². The van der Waals surface area contributed by atoms with Crippen LogP contribution in [0.1, 0.15) is 12.5 Å². The molecule has 5 nitrogen and oxygen atoms in total. The third-order valence-corrected chi connectivity index (χ3v) is 3.50. The van der Waals surface area contributed by atoms with Gasteiger partial charge in [-0.3, -0.25) is 14.5 Å². The molecule has 2 aromatic carbocycles. The Morgan fingerprint density at radius 1 is 1.17 bits per heavy atom. The second-order valence-corrected chi connectivity index (χ2v) is 5.36. The minimum Gasteiger partial charge on any atom is -0.423 e. The number of nitrogens with zero attached hydrogens (tertiary/aromatic N) is 1. The summed E-state index contributed by atoms with van der Waals surface area (Å²) in [4.78, 5) is 24.0. The van der Waals surface area contributed by atoms with Crippen LogP contribution in [0.3, 0.4) is 0 Å². The summed E-state index contributed by atoms with van der Waals surface area (Å²) in [5.74, 6) is -1.66. The highest BCUT2D eigenvalue weighted by molar-refractivity contribution is 6.00. The van der Waals surface area contributed by atoms with E-state index in [2.05, 4.69) is 10.1 Å². The summed E-state index contributed by atoms with van der Waals surface area (Å²) < 4.78 is 32.0. The molecule has 0 atom stereocenters. The zero-order valence-corrected chi connectivity index (χ0v) is 12.8. The number of anilines is 2. The summed E-state index contributed by atoms with van der Waals surface area (Å²) in [5, 5.41) is 2.61. The molecule has 0 aliphatic carbocycles. The molecule has 1 aliphatic heterocycles. The third kappa shape index (κ3) is 3.05. The van der Waals surface area contributed by atoms with Crippen LogP contribution in [0.5, 0.6) is 5.75 Å². The molecule has 0 aromatic heterocycles. The highest BCUT2D eigenvalue weighted by atomic mass is 19.3. The van der Waals surface area contributed by atoms with E-state index in [-0.39, 0.29) is 18.2 Å². The number of hydrogen-bond acceptors (Lipinski definition) is 3. The van der Waals surface area contributed by atoms with Crippen LogP contribution in [0, 0.1) is 0 Å². The summed E-state index contributed by atoms with van der Waals surface area (Å²) in [6.07, 6.45) is -3.90. The summed E-state index contributed by atoms with van der Waals surface area (Å²) in [6, 6.07) is 12.8. The molecule has 0 saturated carbocycles. The number of carbonyl (C=O) groups is 2. The highest BCUT2D eigenvalue weighted by Gasteiger charge is 2.50. The zero-order valence-electron chi connectivity index (χ0n) is 12.8. The van der Waals surface area contributed by atoms with Gasteiger partial charge in [0.2, 0.25) is 5.91 Å². The predicted molar refractivity (Wildman–Crippen MR) is 84.0 cm³/mol. The van der Waals surface area contributed by atoms with E-state index in [9.17, 15) is 18.4 Å². The number of fused-ring (bicyclic) bond motifs is 1. The molecule has 1 heterocycles. The number of hydrogen-bond donors (Lipinski definition) is 1. The molecule has 1 N–H and O–H groups in total. The van der Waals surface area contributed by atoms with E-state index < -0.39 is 12.0 Å². The van der Waals surface area contributed by atoms with Gasteiger partial charge in [-0.2, -0.15) is 8.78 Å². The molecule has 2 aromatic rings. The Bertz CT molecular complexity index is 791.